The van der Waals surface area contributed by atoms with Gasteiger partial charge in [-0.2, -0.15) is 13.2 Å². The van der Waals surface area contributed by atoms with Crippen LogP contribution in [0.4, 0.5) is 13.2 Å². The highest BCUT2D eigenvalue weighted by molar-refractivity contribution is 5.97. The van der Waals surface area contributed by atoms with E-state index >= 15 is 0 Å². The summed E-state index contributed by atoms with van der Waals surface area (Å²) < 4.78 is 38.9. The zero-order valence-electron chi connectivity index (χ0n) is 11.0. The van der Waals surface area contributed by atoms with Gasteiger partial charge in [0.05, 0.1) is 22.3 Å². The second-order valence-corrected chi connectivity index (χ2v) is 4.67. The number of para-hydroxylation sites is 1. The molecule has 2 heterocycles. The number of fused-ring (bicyclic) bond motifs is 1. The molecule has 22 heavy (non-hydrogen) atoms. The van der Waals surface area contributed by atoms with Crippen molar-refractivity contribution in [2.45, 2.75) is 6.18 Å². The van der Waals surface area contributed by atoms with Crippen LogP contribution in [-0.2, 0) is 6.18 Å². The molecule has 0 bridgehead atoms. The maximum atomic E-state index is 13.0. The van der Waals surface area contributed by atoms with Gasteiger partial charge in [0, 0.05) is 23.3 Å². The number of pyridine rings is 1. The summed E-state index contributed by atoms with van der Waals surface area (Å²) in [5, 5.41) is 9.21. The molecule has 0 fully saturated rings. The van der Waals surface area contributed by atoms with Gasteiger partial charge in [-0.25, -0.2) is 4.79 Å². The van der Waals surface area contributed by atoms with Crippen molar-refractivity contribution < 1.29 is 23.1 Å². The molecule has 0 radical (unpaired) electrons. The molecule has 0 aliphatic rings. The highest BCUT2D eigenvalue weighted by Crippen LogP contribution is 2.37. The molecule has 0 atom stereocenters. The predicted molar refractivity (Wildman–Crippen MR) is 73.5 cm³/mol. The molecular formula is C15H9F3N2O2. The Bertz CT molecular complexity index is 851. The molecule has 2 aromatic heterocycles. The lowest BCUT2D eigenvalue weighted by molar-refractivity contribution is -0.136. The van der Waals surface area contributed by atoms with Crippen LogP contribution in [0.25, 0.3) is 22.2 Å². The van der Waals surface area contributed by atoms with Gasteiger partial charge in [0.1, 0.15) is 0 Å². The van der Waals surface area contributed by atoms with Crippen LogP contribution >= 0.6 is 0 Å². The number of carboxylic acids is 1. The first-order valence-corrected chi connectivity index (χ1v) is 6.25. The standard InChI is InChI=1S/C15H9F3N2O2/c16-15(17,18)11-3-1-2-9-10(7-20-13(9)11)12-5-4-8(6-19-12)14(21)22/h1-7,20H,(H,21,22). The molecule has 7 heteroatoms. The number of benzene rings is 1. The summed E-state index contributed by atoms with van der Waals surface area (Å²) in [5.74, 6) is -1.11. The number of aromatic carboxylic acids is 1. The Labute approximate surface area is 122 Å². The largest absolute Gasteiger partial charge is 0.478 e. The topological polar surface area (TPSA) is 66.0 Å². The van der Waals surface area contributed by atoms with E-state index < -0.39 is 17.7 Å². The Morgan fingerprint density at radius 1 is 1.18 bits per heavy atom. The molecule has 112 valence electrons. The van der Waals surface area contributed by atoms with Crippen LogP contribution in [0, 0.1) is 0 Å². The monoisotopic (exact) mass is 306 g/mol. The predicted octanol–water partition coefficient (Wildman–Crippen LogP) is 3.95. The van der Waals surface area contributed by atoms with Gasteiger partial charge in [-0.3, -0.25) is 4.98 Å². The van der Waals surface area contributed by atoms with E-state index in [1.807, 2.05) is 0 Å². The number of H-pyrrole nitrogens is 1. The molecule has 0 spiro atoms. The first kappa shape index (κ1) is 14.1. The summed E-state index contributed by atoms with van der Waals surface area (Å²) >= 11 is 0. The molecule has 1 aromatic carbocycles. The van der Waals surface area contributed by atoms with Crippen molar-refractivity contribution in [3.05, 3.63) is 53.9 Å². The molecule has 4 nitrogen and oxygen atoms in total. The van der Waals surface area contributed by atoms with E-state index in [0.29, 0.717) is 16.6 Å². The number of aromatic nitrogens is 2. The molecule has 0 unspecified atom stereocenters. The highest BCUT2D eigenvalue weighted by atomic mass is 19.4. The van der Waals surface area contributed by atoms with Crippen molar-refractivity contribution >= 4 is 16.9 Å². The summed E-state index contributed by atoms with van der Waals surface area (Å²) in [6.45, 7) is 0. The maximum Gasteiger partial charge on any atom is 0.418 e. The molecule has 0 aliphatic carbocycles. The van der Waals surface area contributed by atoms with Crippen LogP contribution in [0.3, 0.4) is 0 Å². The number of nitrogens with one attached hydrogen (secondary N) is 1. The second kappa shape index (κ2) is 4.87. The molecule has 0 saturated heterocycles. The van der Waals surface area contributed by atoms with Gasteiger partial charge in [-0.05, 0) is 18.2 Å². The Balaban J connectivity index is 2.15. The van der Waals surface area contributed by atoms with Gasteiger partial charge in [0.2, 0.25) is 0 Å². The number of hydrogen-bond acceptors (Lipinski definition) is 2. The molecule has 3 rings (SSSR count). The van der Waals surface area contributed by atoms with Crippen molar-refractivity contribution in [2.24, 2.45) is 0 Å². The number of carbonyl (C=O) groups is 1. The van der Waals surface area contributed by atoms with Crippen LogP contribution in [0.5, 0.6) is 0 Å². The molecule has 0 saturated carbocycles. The Morgan fingerprint density at radius 3 is 2.55 bits per heavy atom. The third kappa shape index (κ3) is 2.30. The van der Waals surface area contributed by atoms with E-state index in [2.05, 4.69) is 9.97 Å². The summed E-state index contributed by atoms with van der Waals surface area (Å²) in [6.07, 6.45) is -1.85. The highest BCUT2D eigenvalue weighted by Gasteiger charge is 2.33. The van der Waals surface area contributed by atoms with Crippen molar-refractivity contribution in [2.75, 3.05) is 0 Å². The number of aromatic amines is 1. The van der Waals surface area contributed by atoms with Gasteiger partial charge >= 0.3 is 12.1 Å². The SMILES string of the molecule is O=C(O)c1ccc(-c2c[nH]c3c(C(F)(F)F)cccc23)nc1. The Kier molecular flexibility index (Phi) is 3.13. The van der Waals surface area contributed by atoms with E-state index in [-0.39, 0.29) is 11.1 Å². The maximum absolute atomic E-state index is 13.0. The average molecular weight is 306 g/mol. The normalized spacial score (nSPS) is 11.8. The summed E-state index contributed by atoms with van der Waals surface area (Å²) in [7, 11) is 0. The average Bonchev–Trinajstić information content (AvgIpc) is 2.90. The minimum Gasteiger partial charge on any atom is -0.478 e. The molecule has 0 aliphatic heterocycles. The summed E-state index contributed by atoms with van der Waals surface area (Å²) in [4.78, 5) is 17.4. The zero-order valence-corrected chi connectivity index (χ0v) is 11.0. The van der Waals surface area contributed by atoms with E-state index in [1.54, 1.807) is 6.07 Å². The fourth-order valence-corrected chi connectivity index (χ4v) is 2.28. The fourth-order valence-electron chi connectivity index (χ4n) is 2.28. The van der Waals surface area contributed by atoms with Crippen LogP contribution in [-0.4, -0.2) is 21.0 Å². The van der Waals surface area contributed by atoms with Crippen LogP contribution in [0.1, 0.15) is 15.9 Å². The summed E-state index contributed by atoms with van der Waals surface area (Å²) in [6, 6.07) is 6.71. The van der Waals surface area contributed by atoms with Crippen molar-refractivity contribution in [3.8, 4) is 11.3 Å². The zero-order chi connectivity index (χ0) is 15.9. The molecule has 2 N–H and O–H groups in total. The fraction of sp³-hybridized carbons (Fsp3) is 0.0667. The quantitative estimate of drug-likeness (QED) is 0.753. The third-order valence-electron chi connectivity index (χ3n) is 3.31. The van der Waals surface area contributed by atoms with Crippen molar-refractivity contribution in [3.63, 3.8) is 0 Å². The number of carboxylic acid groups (broad SMARTS) is 1. The minimum atomic E-state index is -4.46. The van der Waals surface area contributed by atoms with Crippen molar-refractivity contribution in [1.29, 1.82) is 0 Å². The van der Waals surface area contributed by atoms with Crippen molar-refractivity contribution in [1.82, 2.24) is 9.97 Å². The van der Waals surface area contributed by atoms with Gasteiger partial charge in [-0.15, -0.1) is 0 Å². The summed E-state index contributed by atoms with van der Waals surface area (Å²) in [5.41, 5.74) is 0.126. The van der Waals surface area contributed by atoms with Gasteiger partial charge < -0.3 is 10.1 Å². The first-order valence-electron chi connectivity index (χ1n) is 6.25. The molecule has 0 amide bonds. The Morgan fingerprint density at radius 2 is 1.95 bits per heavy atom. The number of halogens is 3. The lowest BCUT2D eigenvalue weighted by Gasteiger charge is -2.07. The van der Waals surface area contributed by atoms with Gasteiger partial charge in [0.25, 0.3) is 0 Å². The van der Waals surface area contributed by atoms with E-state index in [4.69, 9.17) is 5.11 Å². The lowest BCUT2D eigenvalue weighted by Crippen LogP contribution is -2.05. The number of alkyl halides is 3. The van der Waals surface area contributed by atoms with Gasteiger partial charge in [0.15, 0.2) is 0 Å². The third-order valence-corrected chi connectivity index (χ3v) is 3.31. The smallest absolute Gasteiger partial charge is 0.418 e. The van der Waals surface area contributed by atoms with Crippen LogP contribution < -0.4 is 0 Å². The van der Waals surface area contributed by atoms with E-state index in [1.165, 1.54) is 30.6 Å². The number of nitrogens with zero attached hydrogens (tertiary/aromatic N) is 1. The van der Waals surface area contributed by atoms with Crippen LogP contribution in [0.2, 0.25) is 0 Å². The number of hydrogen-bond donors (Lipinski definition) is 2. The Hall–Kier alpha value is -2.83. The number of rotatable bonds is 2. The van der Waals surface area contributed by atoms with Gasteiger partial charge in [-0.1, -0.05) is 12.1 Å². The van der Waals surface area contributed by atoms with E-state index in [9.17, 15) is 18.0 Å². The van der Waals surface area contributed by atoms with E-state index in [0.717, 1.165) is 6.07 Å². The lowest BCUT2D eigenvalue weighted by atomic mass is 10.1. The second-order valence-electron chi connectivity index (χ2n) is 4.67. The molecular weight excluding hydrogens is 297 g/mol. The minimum absolute atomic E-state index is 0.0135. The van der Waals surface area contributed by atoms with Crippen LogP contribution in [0.15, 0.2) is 42.7 Å². The molecule has 3 aromatic rings. The first-order chi connectivity index (χ1) is 10.4.